The molecule has 2 aromatic carbocycles. The molecule has 10 nitrogen and oxygen atoms in total. The smallest absolute Gasteiger partial charge is 0.301 e. The highest BCUT2D eigenvalue weighted by Crippen LogP contribution is 2.39. The highest BCUT2D eigenvalue weighted by Gasteiger charge is 2.28. The quantitative estimate of drug-likeness (QED) is 0.299. The highest BCUT2D eigenvalue weighted by molar-refractivity contribution is 7.90. The highest BCUT2D eigenvalue weighted by atomic mass is 32.2. The first kappa shape index (κ1) is 25.5. The predicted molar refractivity (Wildman–Crippen MR) is 152 cm³/mol. The van der Waals surface area contributed by atoms with Crippen LogP contribution in [-0.2, 0) is 10.2 Å². The molecule has 4 aromatic rings. The van der Waals surface area contributed by atoms with Gasteiger partial charge in [0, 0.05) is 48.8 Å². The summed E-state index contributed by atoms with van der Waals surface area (Å²) >= 11 is 0. The Morgan fingerprint density at radius 3 is 2.69 bits per heavy atom. The molecular weight excluding hydrogens is 514 g/mol. The first-order valence-electron chi connectivity index (χ1n) is 13.2. The minimum atomic E-state index is -3.60. The van der Waals surface area contributed by atoms with Crippen LogP contribution in [0.25, 0.3) is 22.0 Å². The monoisotopic (exact) mass is 545 g/mol. The van der Waals surface area contributed by atoms with Crippen LogP contribution < -0.4 is 20.1 Å². The standard InChI is InChI=1S/C28H31N7O3S/c1-19-10-11-21-22(7-2-9-25(21)34-39(36,37)35-16-5-17-35)26(19)38-27-23(8-4-14-30-27)24-12-15-31-28(33-24)32-20-6-3-13-29-18-20/h2,4,7-12,14-15,20,29,34H,3,5-6,13,16-18H2,1H3,(H,31,32,33). The average molecular weight is 546 g/mol. The number of aromatic nitrogens is 3. The fourth-order valence-electron chi connectivity index (χ4n) is 4.89. The van der Waals surface area contributed by atoms with E-state index in [9.17, 15) is 8.42 Å². The Morgan fingerprint density at radius 1 is 1.00 bits per heavy atom. The second-order valence-electron chi connectivity index (χ2n) is 9.88. The van der Waals surface area contributed by atoms with Crippen molar-refractivity contribution in [1.82, 2.24) is 24.6 Å². The van der Waals surface area contributed by atoms with Gasteiger partial charge in [0.25, 0.3) is 0 Å². The molecule has 1 unspecified atom stereocenters. The maximum Gasteiger partial charge on any atom is 0.301 e. The van der Waals surface area contributed by atoms with Crippen LogP contribution >= 0.6 is 0 Å². The third-order valence-corrected chi connectivity index (χ3v) is 8.66. The third kappa shape index (κ3) is 5.38. The summed E-state index contributed by atoms with van der Waals surface area (Å²) in [6, 6.07) is 15.2. The largest absolute Gasteiger partial charge is 0.437 e. The van der Waals surface area contributed by atoms with Crippen molar-refractivity contribution in [3.63, 3.8) is 0 Å². The molecule has 2 fully saturated rings. The lowest BCUT2D eigenvalue weighted by molar-refractivity contribution is 0.311. The number of hydrogen-bond donors (Lipinski definition) is 3. The molecular formula is C28H31N7O3S. The van der Waals surface area contributed by atoms with Gasteiger partial charge in [0.15, 0.2) is 0 Å². The molecule has 2 aromatic heterocycles. The van der Waals surface area contributed by atoms with Crippen LogP contribution in [0.1, 0.15) is 24.8 Å². The van der Waals surface area contributed by atoms with Crippen molar-refractivity contribution in [2.75, 3.05) is 36.2 Å². The molecule has 6 rings (SSSR count). The van der Waals surface area contributed by atoms with Crippen molar-refractivity contribution in [1.29, 1.82) is 0 Å². The molecule has 0 aliphatic carbocycles. The van der Waals surface area contributed by atoms with E-state index in [4.69, 9.17) is 9.72 Å². The molecule has 0 saturated carbocycles. The van der Waals surface area contributed by atoms with E-state index in [0.29, 0.717) is 42.0 Å². The Morgan fingerprint density at radius 2 is 1.90 bits per heavy atom. The van der Waals surface area contributed by atoms with Gasteiger partial charge >= 0.3 is 10.2 Å². The van der Waals surface area contributed by atoms with Crippen LogP contribution in [0.5, 0.6) is 11.6 Å². The number of rotatable bonds is 8. The Balaban J connectivity index is 1.32. The van der Waals surface area contributed by atoms with Gasteiger partial charge in [0.1, 0.15) is 5.75 Å². The van der Waals surface area contributed by atoms with E-state index in [1.807, 2.05) is 49.4 Å². The van der Waals surface area contributed by atoms with Gasteiger partial charge < -0.3 is 15.4 Å². The van der Waals surface area contributed by atoms with Gasteiger partial charge in [0.2, 0.25) is 11.8 Å². The van der Waals surface area contributed by atoms with Crippen LogP contribution in [0.4, 0.5) is 11.6 Å². The van der Waals surface area contributed by atoms with Crippen molar-refractivity contribution < 1.29 is 13.2 Å². The maximum absolute atomic E-state index is 12.8. The van der Waals surface area contributed by atoms with Crippen molar-refractivity contribution in [3.8, 4) is 22.9 Å². The SMILES string of the molecule is Cc1ccc2c(NS(=O)(=O)N3CCC3)cccc2c1Oc1ncccc1-c1ccnc(NC2CCCNC2)n1. The van der Waals surface area contributed by atoms with E-state index in [1.54, 1.807) is 18.5 Å². The third-order valence-electron chi connectivity index (χ3n) is 7.13. The zero-order valence-corrected chi connectivity index (χ0v) is 22.5. The Labute approximate surface area is 228 Å². The predicted octanol–water partition coefficient (Wildman–Crippen LogP) is 4.32. The normalized spacial score (nSPS) is 17.9. The summed E-state index contributed by atoms with van der Waals surface area (Å²) < 4.78 is 36.2. The number of benzene rings is 2. The number of piperidine rings is 1. The van der Waals surface area contributed by atoms with E-state index < -0.39 is 10.2 Å². The van der Waals surface area contributed by atoms with E-state index in [0.717, 1.165) is 54.3 Å². The second-order valence-corrected chi connectivity index (χ2v) is 11.6. The molecule has 0 amide bonds. The minimum Gasteiger partial charge on any atom is -0.437 e. The van der Waals surface area contributed by atoms with E-state index >= 15 is 0 Å². The number of aryl methyl sites for hydroxylation is 1. The molecule has 39 heavy (non-hydrogen) atoms. The Hall–Kier alpha value is -3.80. The van der Waals surface area contributed by atoms with Crippen molar-refractivity contribution in [2.45, 2.75) is 32.2 Å². The zero-order chi connectivity index (χ0) is 26.8. The van der Waals surface area contributed by atoms with Crippen LogP contribution in [0.15, 0.2) is 60.9 Å². The van der Waals surface area contributed by atoms with Gasteiger partial charge in [-0.3, -0.25) is 4.72 Å². The topological polar surface area (TPSA) is 121 Å². The summed E-state index contributed by atoms with van der Waals surface area (Å²) in [5.74, 6) is 1.58. The van der Waals surface area contributed by atoms with Gasteiger partial charge in [-0.05, 0) is 62.6 Å². The number of pyridine rings is 1. The molecule has 202 valence electrons. The first-order chi connectivity index (χ1) is 19.0. The molecule has 2 aliphatic heterocycles. The second kappa shape index (κ2) is 10.8. The summed E-state index contributed by atoms with van der Waals surface area (Å²) in [6.07, 6.45) is 6.47. The lowest BCUT2D eigenvalue weighted by Gasteiger charge is -2.30. The Bertz CT molecular complexity index is 1600. The molecule has 4 heterocycles. The van der Waals surface area contributed by atoms with E-state index in [-0.39, 0.29) is 6.04 Å². The van der Waals surface area contributed by atoms with Gasteiger partial charge in [0.05, 0.1) is 16.9 Å². The van der Waals surface area contributed by atoms with Crippen LogP contribution in [0.2, 0.25) is 0 Å². The molecule has 0 radical (unpaired) electrons. The van der Waals surface area contributed by atoms with Crippen molar-refractivity contribution in [3.05, 3.63) is 66.5 Å². The number of ether oxygens (including phenoxy) is 1. The zero-order valence-electron chi connectivity index (χ0n) is 21.7. The lowest BCUT2D eigenvalue weighted by Crippen LogP contribution is -2.45. The number of nitrogens with one attached hydrogen (secondary N) is 3. The number of fused-ring (bicyclic) bond motifs is 1. The fourth-order valence-corrected chi connectivity index (χ4v) is 6.22. The van der Waals surface area contributed by atoms with E-state index in [1.165, 1.54) is 4.31 Å². The molecule has 3 N–H and O–H groups in total. The van der Waals surface area contributed by atoms with Crippen molar-refractivity contribution in [2.24, 2.45) is 0 Å². The maximum atomic E-state index is 12.8. The molecule has 0 spiro atoms. The molecule has 1 atom stereocenters. The summed E-state index contributed by atoms with van der Waals surface area (Å²) in [5, 5.41) is 8.35. The van der Waals surface area contributed by atoms with Gasteiger partial charge in [-0.15, -0.1) is 0 Å². The molecule has 0 bridgehead atoms. The minimum absolute atomic E-state index is 0.282. The van der Waals surface area contributed by atoms with Gasteiger partial charge in [-0.1, -0.05) is 24.3 Å². The lowest BCUT2D eigenvalue weighted by atomic mass is 10.0. The fraction of sp³-hybridized carbons (Fsp3) is 0.321. The van der Waals surface area contributed by atoms with Crippen LogP contribution in [0.3, 0.4) is 0 Å². The van der Waals surface area contributed by atoms with E-state index in [2.05, 4.69) is 25.3 Å². The summed E-state index contributed by atoms with van der Waals surface area (Å²) in [6.45, 7) is 4.95. The average Bonchev–Trinajstić information content (AvgIpc) is 2.90. The van der Waals surface area contributed by atoms with Crippen molar-refractivity contribution >= 4 is 32.6 Å². The number of hydrogen-bond acceptors (Lipinski definition) is 8. The van der Waals surface area contributed by atoms with Gasteiger partial charge in [-0.2, -0.15) is 12.7 Å². The summed E-state index contributed by atoms with van der Waals surface area (Å²) in [7, 11) is -3.60. The van der Waals surface area contributed by atoms with Gasteiger partial charge in [-0.25, -0.2) is 15.0 Å². The molecule has 2 saturated heterocycles. The number of nitrogens with zero attached hydrogens (tertiary/aromatic N) is 4. The first-order valence-corrected chi connectivity index (χ1v) is 14.7. The van der Waals surface area contributed by atoms with Crippen LogP contribution in [-0.4, -0.2) is 59.9 Å². The Kier molecular flexibility index (Phi) is 7.03. The van der Waals surface area contributed by atoms with Crippen LogP contribution in [0, 0.1) is 6.92 Å². The number of anilines is 2. The summed E-state index contributed by atoms with van der Waals surface area (Å²) in [5.41, 5.74) is 2.84. The summed E-state index contributed by atoms with van der Waals surface area (Å²) in [4.78, 5) is 13.7. The molecule has 11 heteroatoms. The molecule has 2 aliphatic rings.